The van der Waals surface area contributed by atoms with Crippen LogP contribution in [0.5, 0.6) is 5.75 Å². The number of hydrogen-bond donors (Lipinski definition) is 3. The summed E-state index contributed by atoms with van der Waals surface area (Å²) in [6, 6.07) is 11.7. The lowest BCUT2D eigenvalue weighted by molar-refractivity contribution is 0.0322. The second-order valence-corrected chi connectivity index (χ2v) is 8.18. The van der Waals surface area contributed by atoms with Gasteiger partial charge in [-0.1, -0.05) is 12.1 Å². The molecule has 0 spiro atoms. The van der Waals surface area contributed by atoms with Crippen LogP contribution in [0.15, 0.2) is 45.8 Å². The van der Waals surface area contributed by atoms with Crippen LogP contribution in [0.1, 0.15) is 30.9 Å². The van der Waals surface area contributed by atoms with Crippen LogP contribution in [0.25, 0.3) is 0 Å². The van der Waals surface area contributed by atoms with Gasteiger partial charge in [0, 0.05) is 26.2 Å². The molecule has 2 aromatic rings. The molecule has 8 heteroatoms. The van der Waals surface area contributed by atoms with Crippen molar-refractivity contribution >= 4 is 5.96 Å². The van der Waals surface area contributed by atoms with Crippen molar-refractivity contribution in [1.82, 2.24) is 15.5 Å². The third-order valence-corrected chi connectivity index (χ3v) is 5.31. The zero-order chi connectivity index (χ0) is 22.8. The third kappa shape index (κ3) is 7.55. The predicted octanol–water partition coefficient (Wildman–Crippen LogP) is 2.26. The average molecular weight is 445 g/mol. The Kier molecular flexibility index (Phi) is 8.96. The van der Waals surface area contributed by atoms with Crippen molar-refractivity contribution in [3.63, 3.8) is 0 Å². The van der Waals surface area contributed by atoms with Crippen molar-refractivity contribution in [2.24, 2.45) is 4.99 Å². The summed E-state index contributed by atoms with van der Waals surface area (Å²) in [6.45, 7) is 12.2. The van der Waals surface area contributed by atoms with Gasteiger partial charge in [0.25, 0.3) is 0 Å². The average Bonchev–Trinajstić information content (AvgIpc) is 3.24. The van der Waals surface area contributed by atoms with E-state index in [2.05, 4.69) is 20.5 Å². The quantitative estimate of drug-likeness (QED) is 0.382. The van der Waals surface area contributed by atoms with E-state index in [1.807, 2.05) is 44.2 Å². The van der Waals surface area contributed by atoms with Crippen LogP contribution in [-0.2, 0) is 16.9 Å². The van der Waals surface area contributed by atoms with Crippen LogP contribution < -0.4 is 15.4 Å². The largest absolute Gasteiger partial charge is 0.492 e. The van der Waals surface area contributed by atoms with Gasteiger partial charge < -0.3 is 29.6 Å². The number of guanidine groups is 1. The minimum Gasteiger partial charge on any atom is -0.492 e. The Bertz CT molecular complexity index is 859. The highest BCUT2D eigenvalue weighted by Gasteiger charge is 2.27. The molecule has 2 heterocycles. The van der Waals surface area contributed by atoms with E-state index in [4.69, 9.17) is 13.9 Å². The molecule has 8 nitrogen and oxygen atoms in total. The first-order valence-electron chi connectivity index (χ1n) is 11.3. The van der Waals surface area contributed by atoms with Crippen LogP contribution in [0.4, 0.5) is 0 Å². The summed E-state index contributed by atoms with van der Waals surface area (Å²) in [5.74, 6) is 2.78. The first-order chi connectivity index (χ1) is 15.5. The molecule has 1 aromatic carbocycles. The Morgan fingerprint density at radius 2 is 2.03 bits per heavy atom. The molecule has 0 amide bonds. The molecule has 3 rings (SSSR count). The van der Waals surface area contributed by atoms with Crippen LogP contribution in [0.3, 0.4) is 0 Å². The molecule has 1 aliphatic heterocycles. The van der Waals surface area contributed by atoms with Crippen molar-refractivity contribution in [3.05, 3.63) is 53.5 Å². The Labute approximate surface area is 190 Å². The standard InChI is InChI=1S/C24H36N4O4/c1-4-25-23(27-18-24(3,29)22-9-8-19(2)32-22)26-17-20-6-5-7-21(16-20)31-15-12-28-10-13-30-14-11-28/h5-9,16,29H,4,10-15,17-18H2,1-3H3,(H2,25,26,27). The molecule has 32 heavy (non-hydrogen) atoms. The number of nitrogens with one attached hydrogen (secondary N) is 2. The van der Waals surface area contributed by atoms with Gasteiger partial charge in [0.2, 0.25) is 0 Å². The molecule has 0 aliphatic carbocycles. The van der Waals surface area contributed by atoms with Gasteiger partial charge in [-0.15, -0.1) is 0 Å². The molecule has 1 aliphatic rings. The lowest BCUT2D eigenvalue weighted by Gasteiger charge is -2.26. The Morgan fingerprint density at radius 1 is 1.22 bits per heavy atom. The number of benzene rings is 1. The smallest absolute Gasteiger partial charge is 0.191 e. The van der Waals surface area contributed by atoms with Gasteiger partial charge in [0.1, 0.15) is 29.5 Å². The number of morpholine rings is 1. The van der Waals surface area contributed by atoms with Crippen molar-refractivity contribution in [2.45, 2.75) is 32.9 Å². The SMILES string of the molecule is CCNC(=NCc1cccc(OCCN2CCOCC2)c1)NCC(C)(O)c1ccc(C)o1. The van der Waals surface area contributed by atoms with Gasteiger partial charge in [0.05, 0.1) is 26.3 Å². The normalized spacial score (nSPS) is 17.1. The topological polar surface area (TPSA) is 91.5 Å². The second kappa shape index (κ2) is 11.9. The van der Waals surface area contributed by atoms with Gasteiger partial charge in [0.15, 0.2) is 5.96 Å². The summed E-state index contributed by atoms with van der Waals surface area (Å²) in [7, 11) is 0. The van der Waals surface area contributed by atoms with E-state index in [0.717, 1.165) is 56.5 Å². The molecule has 1 atom stereocenters. The fourth-order valence-corrected chi connectivity index (χ4v) is 3.43. The molecule has 0 radical (unpaired) electrons. The first-order valence-corrected chi connectivity index (χ1v) is 11.3. The van der Waals surface area contributed by atoms with E-state index in [1.54, 1.807) is 13.0 Å². The number of aliphatic hydroxyl groups is 1. The van der Waals surface area contributed by atoms with Gasteiger partial charge in [-0.2, -0.15) is 0 Å². The number of hydrogen-bond acceptors (Lipinski definition) is 6. The minimum absolute atomic E-state index is 0.274. The van der Waals surface area contributed by atoms with E-state index in [0.29, 0.717) is 24.9 Å². The van der Waals surface area contributed by atoms with Crippen molar-refractivity contribution in [2.75, 3.05) is 52.5 Å². The molecule has 1 fully saturated rings. The lowest BCUT2D eigenvalue weighted by Crippen LogP contribution is -2.44. The van der Waals surface area contributed by atoms with Gasteiger partial charge >= 0.3 is 0 Å². The van der Waals surface area contributed by atoms with Crippen molar-refractivity contribution < 1.29 is 19.0 Å². The van der Waals surface area contributed by atoms with Crippen LogP contribution in [0, 0.1) is 6.92 Å². The van der Waals surface area contributed by atoms with Crippen LogP contribution in [-0.4, -0.2) is 68.5 Å². The van der Waals surface area contributed by atoms with Crippen LogP contribution in [0.2, 0.25) is 0 Å². The summed E-state index contributed by atoms with van der Waals surface area (Å²) in [6.07, 6.45) is 0. The van der Waals surface area contributed by atoms with E-state index in [-0.39, 0.29) is 6.54 Å². The minimum atomic E-state index is -1.14. The molecule has 1 saturated heterocycles. The van der Waals surface area contributed by atoms with E-state index < -0.39 is 5.60 Å². The van der Waals surface area contributed by atoms with Crippen LogP contribution >= 0.6 is 0 Å². The molecule has 176 valence electrons. The number of rotatable bonds is 10. The fraction of sp³-hybridized carbons (Fsp3) is 0.542. The van der Waals surface area contributed by atoms with E-state index >= 15 is 0 Å². The summed E-state index contributed by atoms with van der Waals surface area (Å²) >= 11 is 0. The lowest BCUT2D eigenvalue weighted by atomic mass is 10.0. The number of nitrogens with zero attached hydrogens (tertiary/aromatic N) is 2. The van der Waals surface area contributed by atoms with Crippen molar-refractivity contribution in [1.29, 1.82) is 0 Å². The van der Waals surface area contributed by atoms with Gasteiger partial charge in [-0.25, -0.2) is 4.99 Å². The van der Waals surface area contributed by atoms with Gasteiger partial charge in [-0.05, 0) is 50.6 Å². The maximum Gasteiger partial charge on any atom is 0.191 e. The second-order valence-electron chi connectivity index (χ2n) is 8.18. The maximum atomic E-state index is 10.7. The zero-order valence-corrected chi connectivity index (χ0v) is 19.4. The first kappa shape index (κ1) is 24.1. The summed E-state index contributed by atoms with van der Waals surface area (Å²) in [4.78, 5) is 7.01. The molecule has 0 saturated carbocycles. The molecule has 1 aromatic heterocycles. The van der Waals surface area contributed by atoms with Crippen molar-refractivity contribution in [3.8, 4) is 5.75 Å². The molecule has 1 unspecified atom stereocenters. The predicted molar refractivity (Wildman–Crippen MR) is 125 cm³/mol. The number of aryl methyl sites for hydroxylation is 1. The van der Waals surface area contributed by atoms with E-state index in [1.165, 1.54) is 0 Å². The number of aliphatic imine (C=N–C) groups is 1. The Morgan fingerprint density at radius 3 is 2.75 bits per heavy atom. The highest BCUT2D eigenvalue weighted by Crippen LogP contribution is 2.22. The fourth-order valence-electron chi connectivity index (χ4n) is 3.43. The Balaban J connectivity index is 1.52. The Hall–Kier alpha value is -2.55. The third-order valence-electron chi connectivity index (χ3n) is 5.31. The summed E-state index contributed by atoms with van der Waals surface area (Å²) in [5, 5.41) is 17.2. The monoisotopic (exact) mass is 444 g/mol. The number of ether oxygens (including phenoxy) is 2. The highest BCUT2D eigenvalue weighted by molar-refractivity contribution is 5.79. The molecule has 0 bridgehead atoms. The maximum absolute atomic E-state index is 10.7. The molecular formula is C24H36N4O4. The highest BCUT2D eigenvalue weighted by atomic mass is 16.5. The molecular weight excluding hydrogens is 408 g/mol. The zero-order valence-electron chi connectivity index (χ0n) is 19.4. The number of furan rings is 1. The van der Waals surface area contributed by atoms with E-state index in [9.17, 15) is 5.11 Å². The van der Waals surface area contributed by atoms with Gasteiger partial charge in [-0.3, -0.25) is 4.90 Å². The molecule has 3 N–H and O–H groups in total. The summed E-state index contributed by atoms with van der Waals surface area (Å²) < 4.78 is 16.9. The summed E-state index contributed by atoms with van der Waals surface area (Å²) in [5.41, 5.74) is -0.0851.